The van der Waals surface area contributed by atoms with E-state index in [4.69, 9.17) is 13.8 Å². The van der Waals surface area contributed by atoms with Crippen molar-refractivity contribution in [3.05, 3.63) is 45.8 Å². The molecule has 0 bridgehead atoms. The van der Waals surface area contributed by atoms with Gasteiger partial charge >= 0.3 is 5.69 Å². The molecule has 4 atom stereocenters. The third-order valence-corrected chi connectivity index (χ3v) is 4.92. The summed E-state index contributed by atoms with van der Waals surface area (Å²) in [6.07, 6.45) is 4.06. The van der Waals surface area contributed by atoms with Gasteiger partial charge in [-0.2, -0.15) is 0 Å². The number of aromatic amines is 1. The minimum Gasteiger partial charge on any atom is -0.349 e. The number of aromatic nitrogens is 5. The highest BCUT2D eigenvalue weighted by Gasteiger charge is 2.43. The largest absolute Gasteiger partial charge is 0.349 e. The highest BCUT2D eigenvalue weighted by molar-refractivity contribution is 7.45. The number of ether oxygens (including phenoxy) is 1. The molecule has 2 saturated heterocycles. The lowest BCUT2D eigenvalue weighted by Crippen LogP contribution is -2.33. The van der Waals surface area contributed by atoms with Crippen LogP contribution < -0.4 is 11.2 Å². The Bertz CT molecular complexity index is 774. The number of nitrogens with zero attached hydrogens (tertiary/aromatic N) is 4. The number of hydrogen-bond donors (Lipinski definition) is 1. The Morgan fingerprint density at radius 2 is 2.09 bits per heavy atom. The number of fused-ring (bicyclic) bond motifs is 1. The monoisotopic (exact) mass is 325 g/mol. The van der Waals surface area contributed by atoms with Gasteiger partial charge in [0.05, 0.1) is 12.7 Å². The summed E-state index contributed by atoms with van der Waals surface area (Å²) >= 11 is 0. The van der Waals surface area contributed by atoms with E-state index in [1.807, 2.05) is 0 Å². The van der Waals surface area contributed by atoms with Crippen molar-refractivity contribution < 1.29 is 13.8 Å². The topological polar surface area (TPSA) is 113 Å². The molecular formula is C11H12N5O5P. The summed E-state index contributed by atoms with van der Waals surface area (Å²) in [5.74, 6) is 0. The SMILES string of the molecule is O=c1ccn([C@H]2C[C@@H]3OP(n4cnnc4)OC[C@H]3O2)c(=O)[nH]1. The molecular weight excluding hydrogens is 313 g/mol. The number of rotatable bonds is 2. The summed E-state index contributed by atoms with van der Waals surface area (Å²) in [4.78, 5) is 25.2. The fraction of sp³-hybridized carbons (Fsp3) is 0.455. The van der Waals surface area contributed by atoms with Gasteiger partial charge in [-0.3, -0.25) is 18.7 Å². The Kier molecular flexibility index (Phi) is 3.38. The molecule has 0 amide bonds. The maximum atomic E-state index is 11.8. The van der Waals surface area contributed by atoms with E-state index in [9.17, 15) is 9.59 Å². The Morgan fingerprint density at radius 1 is 1.27 bits per heavy atom. The first-order valence-corrected chi connectivity index (χ1v) is 7.75. The van der Waals surface area contributed by atoms with E-state index >= 15 is 0 Å². The second-order valence-electron chi connectivity index (χ2n) is 4.90. The average Bonchev–Trinajstić information content (AvgIpc) is 3.15. The summed E-state index contributed by atoms with van der Waals surface area (Å²) in [5, 5.41) is 7.45. The Hall–Kier alpha value is -1.87. The molecule has 1 unspecified atom stereocenters. The van der Waals surface area contributed by atoms with Crippen molar-refractivity contribution in [2.45, 2.75) is 24.9 Å². The standard InChI is InChI=1S/C11H12N5O5P/c17-9-1-2-16(11(18)14-9)10-3-7-8(20-10)4-19-22(21-7)15-5-12-13-6-15/h1-2,5-8,10H,3-4H2,(H,14,17,18)/t7-,8+,10+,22?/m0/s1. The van der Waals surface area contributed by atoms with E-state index in [1.165, 1.54) is 29.5 Å². The minimum atomic E-state index is -1.30. The van der Waals surface area contributed by atoms with Gasteiger partial charge in [0, 0.05) is 18.7 Å². The maximum Gasteiger partial charge on any atom is 0.330 e. The fourth-order valence-electron chi connectivity index (χ4n) is 2.47. The molecule has 4 heterocycles. The first-order valence-electron chi connectivity index (χ1n) is 6.62. The molecule has 11 heteroatoms. The van der Waals surface area contributed by atoms with Gasteiger partial charge in [-0.05, 0) is 0 Å². The average molecular weight is 325 g/mol. The van der Waals surface area contributed by atoms with Gasteiger partial charge < -0.3 is 13.8 Å². The zero-order valence-electron chi connectivity index (χ0n) is 11.2. The molecule has 0 radical (unpaired) electrons. The van der Waals surface area contributed by atoms with Gasteiger partial charge in [0.2, 0.25) is 0 Å². The molecule has 0 aliphatic carbocycles. The molecule has 116 valence electrons. The van der Waals surface area contributed by atoms with Crippen molar-refractivity contribution in [3.63, 3.8) is 0 Å². The highest BCUT2D eigenvalue weighted by Crippen LogP contribution is 2.49. The van der Waals surface area contributed by atoms with E-state index in [0.29, 0.717) is 13.0 Å². The maximum absolute atomic E-state index is 11.8. The molecule has 4 rings (SSSR count). The van der Waals surface area contributed by atoms with Crippen LogP contribution in [0.3, 0.4) is 0 Å². The summed E-state index contributed by atoms with van der Waals surface area (Å²) in [7, 11) is -1.30. The van der Waals surface area contributed by atoms with Crippen LogP contribution in [0.4, 0.5) is 0 Å². The molecule has 2 fully saturated rings. The summed E-state index contributed by atoms with van der Waals surface area (Å²) in [6, 6.07) is 1.29. The molecule has 2 aliphatic rings. The first kappa shape index (κ1) is 13.8. The van der Waals surface area contributed by atoms with Crippen molar-refractivity contribution in [2.24, 2.45) is 0 Å². The second-order valence-corrected chi connectivity index (χ2v) is 6.31. The lowest BCUT2D eigenvalue weighted by molar-refractivity contribution is -0.0535. The second kappa shape index (κ2) is 5.40. The van der Waals surface area contributed by atoms with Crippen LogP contribution in [-0.4, -0.2) is 42.9 Å². The number of hydrogen-bond acceptors (Lipinski definition) is 7. The zero-order chi connectivity index (χ0) is 15.1. The molecule has 2 aromatic rings. The lowest BCUT2D eigenvalue weighted by Gasteiger charge is -2.29. The van der Waals surface area contributed by atoms with Crippen LogP contribution in [-0.2, 0) is 13.8 Å². The summed E-state index contributed by atoms with van der Waals surface area (Å²) in [6.45, 7) is 0.364. The van der Waals surface area contributed by atoms with E-state index in [0.717, 1.165) is 0 Å². The van der Waals surface area contributed by atoms with Gasteiger partial charge in [-0.15, -0.1) is 10.2 Å². The van der Waals surface area contributed by atoms with Gasteiger partial charge in [-0.1, -0.05) is 0 Å². The molecule has 2 aromatic heterocycles. The van der Waals surface area contributed by atoms with Crippen LogP contribution in [0.1, 0.15) is 12.6 Å². The fourth-order valence-corrected chi connectivity index (χ4v) is 3.76. The minimum absolute atomic E-state index is 0.189. The van der Waals surface area contributed by atoms with E-state index in [2.05, 4.69) is 15.2 Å². The molecule has 2 aliphatic heterocycles. The molecule has 1 N–H and O–H groups in total. The number of H-pyrrole nitrogens is 1. The van der Waals surface area contributed by atoms with Gasteiger partial charge in [0.15, 0.2) is 0 Å². The molecule has 10 nitrogen and oxygen atoms in total. The van der Waals surface area contributed by atoms with E-state index in [1.54, 1.807) is 4.34 Å². The van der Waals surface area contributed by atoms with Crippen LogP contribution in [0.25, 0.3) is 0 Å². The summed E-state index contributed by atoms with van der Waals surface area (Å²) in [5.41, 5.74) is -0.939. The Morgan fingerprint density at radius 3 is 2.86 bits per heavy atom. The Labute approximate surface area is 124 Å². The van der Waals surface area contributed by atoms with Crippen molar-refractivity contribution in [2.75, 3.05) is 6.61 Å². The van der Waals surface area contributed by atoms with Crippen molar-refractivity contribution in [1.29, 1.82) is 0 Å². The normalized spacial score (nSPS) is 31.1. The smallest absolute Gasteiger partial charge is 0.330 e. The molecule has 22 heavy (non-hydrogen) atoms. The van der Waals surface area contributed by atoms with Gasteiger partial charge in [-0.25, -0.2) is 4.79 Å². The molecule has 0 aromatic carbocycles. The van der Waals surface area contributed by atoms with Gasteiger partial charge in [0.1, 0.15) is 25.0 Å². The predicted molar refractivity (Wildman–Crippen MR) is 73.0 cm³/mol. The molecule has 0 spiro atoms. The lowest BCUT2D eigenvalue weighted by atomic mass is 10.2. The van der Waals surface area contributed by atoms with Crippen molar-refractivity contribution in [3.8, 4) is 0 Å². The van der Waals surface area contributed by atoms with Crippen LogP contribution in [0, 0.1) is 0 Å². The van der Waals surface area contributed by atoms with Crippen LogP contribution in [0.5, 0.6) is 0 Å². The van der Waals surface area contributed by atoms with Crippen LogP contribution in [0.2, 0.25) is 0 Å². The van der Waals surface area contributed by atoms with Crippen molar-refractivity contribution >= 4 is 8.53 Å². The molecule has 0 saturated carbocycles. The van der Waals surface area contributed by atoms with E-state index in [-0.39, 0.29) is 12.2 Å². The third kappa shape index (κ3) is 2.40. The quantitative estimate of drug-likeness (QED) is 0.748. The zero-order valence-corrected chi connectivity index (χ0v) is 12.1. The van der Waals surface area contributed by atoms with Gasteiger partial charge in [0.25, 0.3) is 14.1 Å². The highest BCUT2D eigenvalue weighted by atomic mass is 31.2. The number of nitrogens with one attached hydrogen (secondary N) is 1. The van der Waals surface area contributed by atoms with Crippen LogP contribution in [0.15, 0.2) is 34.5 Å². The predicted octanol–water partition coefficient (Wildman–Crippen LogP) is -0.394. The summed E-state index contributed by atoms with van der Waals surface area (Å²) < 4.78 is 20.3. The first-order chi connectivity index (χ1) is 10.7. The Balaban J connectivity index is 1.52. The van der Waals surface area contributed by atoms with Crippen LogP contribution >= 0.6 is 8.53 Å². The van der Waals surface area contributed by atoms with E-state index < -0.39 is 26.0 Å². The third-order valence-electron chi connectivity index (χ3n) is 3.51. The van der Waals surface area contributed by atoms with Crippen molar-refractivity contribution in [1.82, 2.24) is 24.1 Å².